The van der Waals surface area contributed by atoms with E-state index in [9.17, 15) is 0 Å². The van der Waals surface area contributed by atoms with E-state index in [4.69, 9.17) is 10.5 Å². The molecule has 1 heterocycles. The Balaban J connectivity index is 1.68. The van der Waals surface area contributed by atoms with Crippen LogP contribution in [0.25, 0.3) is 6.08 Å². The minimum absolute atomic E-state index is 0.714. The average molecular weight is 419 g/mol. The second kappa shape index (κ2) is 7.93. The number of aryl methyl sites for hydroxylation is 1. The molecule has 4 aromatic rings. The molecule has 0 radical (unpaired) electrons. The number of hydrogen-bond acceptors (Lipinski definition) is 3. The lowest BCUT2D eigenvalue weighted by Crippen LogP contribution is -2.34. The maximum atomic E-state index is 6.98. The normalized spacial score (nSPS) is 13.8. The van der Waals surface area contributed by atoms with E-state index in [1.165, 1.54) is 11.1 Å². The standard InChI is InChI=1S/C29H26N2O/c1-20-19-27(31-25-15-13-24(30)14-16-25)28-26(21(20)2)17-18-29(32-28,22-9-5-3-6-10-22)23-11-7-4-8-12-23/h3-19,31H,30H2,1-2H3. The maximum absolute atomic E-state index is 6.98. The number of nitrogens with two attached hydrogens (primary N) is 1. The Morgan fingerprint density at radius 1 is 0.781 bits per heavy atom. The fourth-order valence-corrected chi connectivity index (χ4v) is 4.29. The summed E-state index contributed by atoms with van der Waals surface area (Å²) < 4.78 is 6.98. The highest BCUT2D eigenvalue weighted by molar-refractivity contribution is 5.79. The molecule has 3 N–H and O–H groups in total. The van der Waals surface area contributed by atoms with Crippen molar-refractivity contribution in [2.75, 3.05) is 11.1 Å². The number of anilines is 3. The summed E-state index contributed by atoms with van der Waals surface area (Å²) in [5, 5.41) is 3.55. The van der Waals surface area contributed by atoms with Crippen LogP contribution in [0.3, 0.4) is 0 Å². The van der Waals surface area contributed by atoms with Gasteiger partial charge in [0, 0.05) is 28.1 Å². The molecule has 0 bridgehead atoms. The maximum Gasteiger partial charge on any atom is 0.178 e. The topological polar surface area (TPSA) is 47.3 Å². The van der Waals surface area contributed by atoms with E-state index in [1.807, 2.05) is 36.4 Å². The van der Waals surface area contributed by atoms with E-state index in [2.05, 4.69) is 85.9 Å². The van der Waals surface area contributed by atoms with Crippen molar-refractivity contribution in [3.63, 3.8) is 0 Å². The number of ether oxygens (including phenoxy) is 1. The highest BCUT2D eigenvalue weighted by atomic mass is 16.5. The molecule has 3 nitrogen and oxygen atoms in total. The average Bonchev–Trinajstić information content (AvgIpc) is 2.84. The van der Waals surface area contributed by atoms with Crippen LogP contribution in [0.5, 0.6) is 5.75 Å². The lowest BCUT2D eigenvalue weighted by molar-refractivity contribution is 0.162. The van der Waals surface area contributed by atoms with Gasteiger partial charge < -0.3 is 15.8 Å². The molecule has 0 aromatic heterocycles. The van der Waals surface area contributed by atoms with Crippen molar-refractivity contribution in [3.05, 3.63) is 125 Å². The van der Waals surface area contributed by atoms with Crippen molar-refractivity contribution in [2.24, 2.45) is 0 Å². The van der Waals surface area contributed by atoms with E-state index in [0.29, 0.717) is 0 Å². The second-order valence-electron chi connectivity index (χ2n) is 8.26. The Hall–Kier alpha value is -3.98. The molecule has 0 saturated carbocycles. The summed E-state index contributed by atoms with van der Waals surface area (Å²) in [6.07, 6.45) is 4.38. The third-order valence-electron chi connectivity index (χ3n) is 6.19. The van der Waals surface area contributed by atoms with E-state index in [0.717, 1.165) is 39.5 Å². The molecule has 158 valence electrons. The fourth-order valence-electron chi connectivity index (χ4n) is 4.29. The number of fused-ring (bicyclic) bond motifs is 1. The van der Waals surface area contributed by atoms with Crippen LogP contribution in [0, 0.1) is 13.8 Å². The molecule has 0 spiro atoms. The van der Waals surface area contributed by atoms with Crippen LogP contribution in [0.15, 0.2) is 97.1 Å². The zero-order valence-electron chi connectivity index (χ0n) is 18.3. The highest BCUT2D eigenvalue weighted by Gasteiger charge is 2.38. The van der Waals surface area contributed by atoms with Crippen molar-refractivity contribution in [2.45, 2.75) is 19.4 Å². The molecule has 3 heteroatoms. The van der Waals surface area contributed by atoms with Gasteiger partial charge in [0.1, 0.15) is 0 Å². The van der Waals surface area contributed by atoms with Crippen LogP contribution in [0.2, 0.25) is 0 Å². The molecule has 1 aliphatic heterocycles. The van der Waals surface area contributed by atoms with Crippen molar-refractivity contribution >= 4 is 23.1 Å². The first kappa shape index (κ1) is 20.0. The number of rotatable bonds is 4. The molecule has 4 aromatic carbocycles. The van der Waals surface area contributed by atoms with Crippen LogP contribution < -0.4 is 15.8 Å². The highest BCUT2D eigenvalue weighted by Crippen LogP contribution is 2.47. The zero-order valence-corrected chi connectivity index (χ0v) is 18.3. The second-order valence-corrected chi connectivity index (χ2v) is 8.26. The quantitative estimate of drug-likeness (QED) is 0.352. The summed E-state index contributed by atoms with van der Waals surface area (Å²) >= 11 is 0. The lowest BCUT2D eigenvalue weighted by Gasteiger charge is -2.37. The number of benzene rings is 4. The minimum Gasteiger partial charge on any atom is -0.471 e. The third-order valence-corrected chi connectivity index (χ3v) is 6.19. The third kappa shape index (κ3) is 3.42. The summed E-state index contributed by atoms with van der Waals surface area (Å²) in [5.74, 6) is 0.847. The van der Waals surface area contributed by atoms with Crippen LogP contribution >= 0.6 is 0 Å². The predicted molar refractivity (Wildman–Crippen MR) is 133 cm³/mol. The molecule has 0 amide bonds. The first-order valence-electron chi connectivity index (χ1n) is 10.8. The summed E-state index contributed by atoms with van der Waals surface area (Å²) in [6.45, 7) is 4.28. The van der Waals surface area contributed by atoms with Crippen molar-refractivity contribution in [1.29, 1.82) is 0 Å². The van der Waals surface area contributed by atoms with Gasteiger partial charge in [0.25, 0.3) is 0 Å². The Labute approximate surface area is 189 Å². The van der Waals surface area contributed by atoms with Crippen molar-refractivity contribution in [1.82, 2.24) is 0 Å². The summed E-state index contributed by atoms with van der Waals surface area (Å²) in [4.78, 5) is 0. The van der Waals surface area contributed by atoms with Gasteiger partial charge in [-0.2, -0.15) is 0 Å². The Morgan fingerprint density at radius 3 is 1.97 bits per heavy atom. The summed E-state index contributed by atoms with van der Waals surface area (Å²) in [5.41, 5.74) is 13.5. The predicted octanol–water partition coefficient (Wildman–Crippen LogP) is 6.98. The van der Waals surface area contributed by atoms with Gasteiger partial charge in [0.2, 0.25) is 0 Å². The molecule has 32 heavy (non-hydrogen) atoms. The minimum atomic E-state index is -0.714. The van der Waals surface area contributed by atoms with E-state index in [-0.39, 0.29) is 0 Å². The molecule has 0 fully saturated rings. The van der Waals surface area contributed by atoms with Gasteiger partial charge in [-0.25, -0.2) is 0 Å². The summed E-state index contributed by atoms with van der Waals surface area (Å²) in [6, 6.07) is 30.7. The molecule has 0 unspecified atom stereocenters. The van der Waals surface area contributed by atoms with Crippen LogP contribution in [0.1, 0.15) is 27.8 Å². The van der Waals surface area contributed by atoms with E-state index >= 15 is 0 Å². The largest absolute Gasteiger partial charge is 0.471 e. The smallest absolute Gasteiger partial charge is 0.178 e. The van der Waals surface area contributed by atoms with Gasteiger partial charge in [-0.1, -0.05) is 66.7 Å². The number of nitrogens with one attached hydrogen (secondary N) is 1. The molecule has 1 aliphatic rings. The SMILES string of the molecule is Cc1cc(Nc2ccc(N)cc2)c2c(c1C)C=CC(c1ccccc1)(c1ccccc1)O2. The molecule has 0 saturated heterocycles. The summed E-state index contributed by atoms with van der Waals surface area (Å²) in [7, 11) is 0. The van der Waals surface area contributed by atoms with Gasteiger partial charge >= 0.3 is 0 Å². The van der Waals surface area contributed by atoms with Crippen LogP contribution in [0.4, 0.5) is 17.1 Å². The van der Waals surface area contributed by atoms with Gasteiger partial charge in [0.05, 0.1) is 5.69 Å². The zero-order chi connectivity index (χ0) is 22.1. The van der Waals surface area contributed by atoms with Gasteiger partial charge in [-0.15, -0.1) is 0 Å². The van der Waals surface area contributed by atoms with E-state index in [1.54, 1.807) is 0 Å². The number of nitrogen functional groups attached to an aromatic ring is 1. The monoisotopic (exact) mass is 418 g/mol. The molecule has 0 atom stereocenters. The lowest BCUT2D eigenvalue weighted by atomic mass is 9.83. The van der Waals surface area contributed by atoms with Gasteiger partial charge in [0.15, 0.2) is 11.4 Å². The molecular formula is C29H26N2O. The van der Waals surface area contributed by atoms with Crippen molar-refractivity contribution < 1.29 is 4.74 Å². The Bertz CT molecular complexity index is 1240. The van der Waals surface area contributed by atoms with Crippen LogP contribution in [-0.4, -0.2) is 0 Å². The molecular weight excluding hydrogens is 392 g/mol. The first-order valence-corrected chi connectivity index (χ1v) is 10.8. The number of hydrogen-bond donors (Lipinski definition) is 2. The van der Waals surface area contributed by atoms with Crippen molar-refractivity contribution in [3.8, 4) is 5.75 Å². The fraction of sp³-hybridized carbons (Fsp3) is 0.103. The Morgan fingerprint density at radius 2 is 1.38 bits per heavy atom. The van der Waals surface area contributed by atoms with Gasteiger partial charge in [-0.05, 0) is 61.4 Å². The molecule has 5 rings (SSSR count). The Kier molecular flexibility index (Phi) is 4.95. The van der Waals surface area contributed by atoms with E-state index < -0.39 is 5.60 Å². The molecule has 0 aliphatic carbocycles. The van der Waals surface area contributed by atoms with Crippen LogP contribution in [-0.2, 0) is 5.60 Å². The first-order chi connectivity index (χ1) is 15.6. The van der Waals surface area contributed by atoms with Gasteiger partial charge in [-0.3, -0.25) is 0 Å².